The molecule has 1 fully saturated rings. The molecule has 142 valence electrons. The zero-order valence-electron chi connectivity index (χ0n) is 15.8. The largest absolute Gasteiger partial charge is 0.366 e. The molecule has 0 radical (unpaired) electrons. The number of pyridine rings is 2. The minimum absolute atomic E-state index is 0.00832. The topological polar surface area (TPSA) is 89.2 Å². The number of likely N-dealkylation sites (tertiary alicyclic amines) is 1. The first-order valence-corrected chi connectivity index (χ1v) is 9.44. The number of carbonyl (C=O) groups excluding carboxylic acids is 2. The molecule has 0 saturated carbocycles. The lowest BCUT2D eigenvalue weighted by atomic mass is 9.90. The quantitative estimate of drug-likeness (QED) is 0.763. The van der Waals surface area contributed by atoms with Crippen LogP contribution in [0.4, 0.5) is 0 Å². The molecule has 6 heteroatoms. The highest BCUT2D eigenvalue weighted by molar-refractivity contribution is 5.98. The van der Waals surface area contributed by atoms with Crippen molar-refractivity contribution in [2.24, 2.45) is 5.73 Å². The van der Waals surface area contributed by atoms with Crippen molar-refractivity contribution in [1.29, 1.82) is 0 Å². The molecule has 0 bridgehead atoms. The summed E-state index contributed by atoms with van der Waals surface area (Å²) in [5, 5.41) is 0.885. The first kappa shape index (κ1) is 18.1. The summed E-state index contributed by atoms with van der Waals surface area (Å²) < 4.78 is 0. The summed E-state index contributed by atoms with van der Waals surface area (Å²) in [5.74, 6) is -0.514. The zero-order chi connectivity index (χ0) is 19.7. The highest BCUT2D eigenvalue weighted by atomic mass is 16.2. The van der Waals surface area contributed by atoms with Gasteiger partial charge in [0.25, 0.3) is 11.8 Å². The second-order valence-electron chi connectivity index (χ2n) is 7.26. The van der Waals surface area contributed by atoms with Crippen LogP contribution in [0.15, 0.2) is 48.8 Å². The SMILES string of the molecule is Cc1cnccc1C(=O)N1CCC[C@@H](c2nc3ccccc3cc2C(N)=O)C1. The number of aryl methyl sites for hydroxylation is 1. The molecule has 3 aromatic rings. The molecule has 0 unspecified atom stereocenters. The summed E-state index contributed by atoms with van der Waals surface area (Å²) in [6.45, 7) is 3.10. The van der Waals surface area contributed by atoms with E-state index in [0.717, 1.165) is 29.3 Å². The van der Waals surface area contributed by atoms with E-state index in [9.17, 15) is 9.59 Å². The molecule has 1 aliphatic rings. The number of hydrogen-bond donors (Lipinski definition) is 1. The minimum atomic E-state index is -0.485. The average Bonchev–Trinajstić information content (AvgIpc) is 2.72. The van der Waals surface area contributed by atoms with Crippen LogP contribution in [0.3, 0.4) is 0 Å². The van der Waals surface area contributed by atoms with E-state index in [2.05, 4.69) is 4.98 Å². The fraction of sp³-hybridized carbons (Fsp3) is 0.273. The molecule has 1 saturated heterocycles. The van der Waals surface area contributed by atoms with Crippen LogP contribution >= 0.6 is 0 Å². The van der Waals surface area contributed by atoms with E-state index in [-0.39, 0.29) is 11.8 Å². The van der Waals surface area contributed by atoms with E-state index in [0.29, 0.717) is 29.9 Å². The Labute approximate surface area is 163 Å². The number of nitrogens with two attached hydrogens (primary N) is 1. The average molecular weight is 374 g/mol. The Morgan fingerprint density at radius 3 is 2.79 bits per heavy atom. The number of nitrogens with zero attached hydrogens (tertiary/aromatic N) is 3. The lowest BCUT2D eigenvalue weighted by molar-refractivity contribution is 0.0705. The van der Waals surface area contributed by atoms with Crippen molar-refractivity contribution in [3.05, 3.63) is 71.2 Å². The van der Waals surface area contributed by atoms with Gasteiger partial charge in [-0.3, -0.25) is 19.6 Å². The molecule has 3 heterocycles. The summed E-state index contributed by atoms with van der Waals surface area (Å²) in [6.07, 6.45) is 5.06. The Morgan fingerprint density at radius 2 is 2.00 bits per heavy atom. The second kappa shape index (κ2) is 7.38. The number of rotatable bonds is 3. The molecule has 2 amide bonds. The summed E-state index contributed by atoms with van der Waals surface area (Å²) in [6, 6.07) is 11.2. The molecule has 0 spiro atoms. The normalized spacial score (nSPS) is 16.9. The third-order valence-corrected chi connectivity index (χ3v) is 5.36. The fourth-order valence-electron chi connectivity index (χ4n) is 3.91. The van der Waals surface area contributed by atoms with Gasteiger partial charge in [-0.25, -0.2) is 0 Å². The number of fused-ring (bicyclic) bond motifs is 1. The van der Waals surface area contributed by atoms with Gasteiger partial charge in [0, 0.05) is 42.4 Å². The molecule has 2 aromatic heterocycles. The van der Waals surface area contributed by atoms with Gasteiger partial charge in [0.05, 0.1) is 16.8 Å². The minimum Gasteiger partial charge on any atom is -0.366 e. The van der Waals surface area contributed by atoms with Gasteiger partial charge in [-0.2, -0.15) is 0 Å². The highest BCUT2D eigenvalue weighted by Crippen LogP contribution is 2.31. The van der Waals surface area contributed by atoms with Crippen molar-refractivity contribution in [3.8, 4) is 0 Å². The van der Waals surface area contributed by atoms with Gasteiger partial charge in [-0.05, 0) is 43.5 Å². The van der Waals surface area contributed by atoms with Crippen molar-refractivity contribution in [2.75, 3.05) is 13.1 Å². The van der Waals surface area contributed by atoms with Crippen LogP contribution < -0.4 is 5.73 Å². The zero-order valence-corrected chi connectivity index (χ0v) is 15.8. The number of hydrogen-bond acceptors (Lipinski definition) is 4. The Bertz CT molecular complexity index is 1060. The van der Waals surface area contributed by atoms with Gasteiger partial charge in [0.1, 0.15) is 0 Å². The van der Waals surface area contributed by atoms with Gasteiger partial charge in [0.2, 0.25) is 0 Å². The summed E-state index contributed by atoms with van der Waals surface area (Å²) in [7, 11) is 0. The third-order valence-electron chi connectivity index (χ3n) is 5.36. The van der Waals surface area contributed by atoms with Gasteiger partial charge in [-0.1, -0.05) is 18.2 Å². The Kier molecular flexibility index (Phi) is 4.77. The molecular weight excluding hydrogens is 352 g/mol. The smallest absolute Gasteiger partial charge is 0.254 e. The molecule has 0 aliphatic carbocycles. The monoisotopic (exact) mass is 374 g/mol. The predicted molar refractivity (Wildman–Crippen MR) is 107 cm³/mol. The highest BCUT2D eigenvalue weighted by Gasteiger charge is 2.29. The first-order valence-electron chi connectivity index (χ1n) is 9.44. The molecular formula is C22H22N4O2. The fourth-order valence-corrected chi connectivity index (χ4v) is 3.91. The van der Waals surface area contributed by atoms with Gasteiger partial charge in [0.15, 0.2) is 0 Å². The van der Waals surface area contributed by atoms with Crippen LogP contribution in [-0.2, 0) is 0 Å². The van der Waals surface area contributed by atoms with Crippen LogP contribution in [-0.4, -0.2) is 39.8 Å². The molecule has 1 aromatic carbocycles. The van der Waals surface area contributed by atoms with Crippen LogP contribution in [0.2, 0.25) is 0 Å². The molecule has 6 nitrogen and oxygen atoms in total. The van der Waals surface area contributed by atoms with Crippen molar-refractivity contribution in [1.82, 2.24) is 14.9 Å². The van der Waals surface area contributed by atoms with Crippen LogP contribution in [0.5, 0.6) is 0 Å². The molecule has 2 N–H and O–H groups in total. The second-order valence-corrected chi connectivity index (χ2v) is 7.26. The number of piperidine rings is 1. The van der Waals surface area contributed by atoms with Crippen molar-refractivity contribution in [3.63, 3.8) is 0 Å². The first-order chi connectivity index (χ1) is 13.5. The van der Waals surface area contributed by atoms with Crippen LogP contribution in [0.1, 0.15) is 50.7 Å². The maximum absolute atomic E-state index is 13.0. The molecule has 1 aliphatic heterocycles. The Hall–Kier alpha value is -3.28. The lowest BCUT2D eigenvalue weighted by Gasteiger charge is -2.33. The van der Waals surface area contributed by atoms with Crippen molar-refractivity contribution in [2.45, 2.75) is 25.7 Å². The van der Waals surface area contributed by atoms with Crippen molar-refractivity contribution >= 4 is 22.7 Å². The van der Waals surface area contributed by atoms with E-state index >= 15 is 0 Å². The third kappa shape index (κ3) is 3.33. The Balaban J connectivity index is 1.68. The number of primary amides is 1. The standard InChI is InChI=1S/C22H22N4O2/c1-14-12-24-9-8-17(14)22(28)26-10-4-6-16(13-26)20-18(21(23)27)11-15-5-2-3-7-19(15)25-20/h2-3,5,7-9,11-12,16H,4,6,10,13H2,1H3,(H2,23,27)/t16-/m1/s1. The number of amides is 2. The summed E-state index contributed by atoms with van der Waals surface area (Å²) in [4.78, 5) is 35.8. The van der Waals surface area contributed by atoms with Gasteiger partial charge in [-0.15, -0.1) is 0 Å². The Morgan fingerprint density at radius 1 is 1.18 bits per heavy atom. The van der Waals surface area contributed by atoms with Crippen molar-refractivity contribution < 1.29 is 9.59 Å². The summed E-state index contributed by atoms with van der Waals surface area (Å²) >= 11 is 0. The van der Waals surface area contributed by atoms with Crippen LogP contribution in [0.25, 0.3) is 10.9 Å². The maximum atomic E-state index is 13.0. The molecule has 4 rings (SSSR count). The number of carbonyl (C=O) groups is 2. The molecule has 28 heavy (non-hydrogen) atoms. The van der Waals surface area contributed by atoms with Crippen LogP contribution in [0, 0.1) is 6.92 Å². The predicted octanol–water partition coefficient (Wildman–Crippen LogP) is 3.06. The van der Waals surface area contributed by atoms with E-state index < -0.39 is 5.91 Å². The van der Waals surface area contributed by atoms with Gasteiger partial charge < -0.3 is 10.6 Å². The maximum Gasteiger partial charge on any atom is 0.254 e. The lowest BCUT2D eigenvalue weighted by Crippen LogP contribution is -2.40. The van der Waals surface area contributed by atoms with E-state index in [1.54, 1.807) is 18.5 Å². The van der Waals surface area contributed by atoms with E-state index in [1.165, 1.54) is 0 Å². The van der Waals surface area contributed by atoms with Gasteiger partial charge >= 0.3 is 0 Å². The number of benzene rings is 1. The van der Waals surface area contributed by atoms with E-state index in [4.69, 9.17) is 10.7 Å². The summed E-state index contributed by atoms with van der Waals surface area (Å²) in [5.41, 5.74) is 9.14. The van der Waals surface area contributed by atoms with E-state index in [1.807, 2.05) is 42.2 Å². The number of para-hydroxylation sites is 1. The molecule has 1 atom stereocenters. The number of aromatic nitrogens is 2.